The fourth-order valence-corrected chi connectivity index (χ4v) is 2.46. The Morgan fingerprint density at radius 1 is 1.33 bits per heavy atom. The van der Waals surface area contributed by atoms with E-state index in [1.165, 1.54) is 19.5 Å². The maximum Gasteiger partial charge on any atom is 0.0326 e. The highest BCUT2D eigenvalue weighted by molar-refractivity contribution is 4.93. The lowest BCUT2D eigenvalue weighted by Crippen LogP contribution is -2.58. The van der Waals surface area contributed by atoms with Crippen molar-refractivity contribution < 1.29 is 0 Å². The Morgan fingerprint density at radius 3 is 2.33 bits per heavy atom. The predicted molar refractivity (Wildman–Crippen MR) is 66.8 cm³/mol. The minimum atomic E-state index is 0.189. The molecule has 1 heterocycles. The number of piperidine rings is 1. The molecule has 2 nitrogen and oxygen atoms in total. The summed E-state index contributed by atoms with van der Waals surface area (Å²) in [6, 6.07) is 0. The summed E-state index contributed by atoms with van der Waals surface area (Å²) in [5.41, 5.74) is 6.17. The van der Waals surface area contributed by atoms with Gasteiger partial charge in [-0.1, -0.05) is 27.7 Å². The molecule has 1 fully saturated rings. The van der Waals surface area contributed by atoms with Crippen molar-refractivity contribution in [3.63, 3.8) is 0 Å². The molecular weight excluding hydrogens is 184 g/mol. The van der Waals surface area contributed by atoms with Crippen molar-refractivity contribution in [2.24, 2.45) is 23.5 Å². The van der Waals surface area contributed by atoms with Gasteiger partial charge in [0.25, 0.3) is 0 Å². The van der Waals surface area contributed by atoms with Gasteiger partial charge in [-0.3, -0.25) is 4.90 Å². The summed E-state index contributed by atoms with van der Waals surface area (Å²) in [6.45, 7) is 14.8. The van der Waals surface area contributed by atoms with Crippen molar-refractivity contribution >= 4 is 0 Å². The Hall–Kier alpha value is -0.0800. The molecule has 1 aliphatic rings. The van der Waals surface area contributed by atoms with Gasteiger partial charge in [0.1, 0.15) is 0 Å². The molecule has 0 amide bonds. The number of rotatable bonds is 3. The van der Waals surface area contributed by atoms with Crippen LogP contribution < -0.4 is 5.73 Å². The van der Waals surface area contributed by atoms with Gasteiger partial charge in [0.05, 0.1) is 0 Å². The molecule has 0 aliphatic carbocycles. The van der Waals surface area contributed by atoms with Gasteiger partial charge in [-0.05, 0) is 37.6 Å². The Kier molecular flexibility index (Phi) is 4.19. The summed E-state index contributed by atoms with van der Waals surface area (Å²) in [6.07, 6.45) is 1.32. The van der Waals surface area contributed by atoms with E-state index in [-0.39, 0.29) is 5.54 Å². The summed E-state index contributed by atoms with van der Waals surface area (Å²) < 4.78 is 0. The van der Waals surface area contributed by atoms with E-state index in [2.05, 4.69) is 39.5 Å². The van der Waals surface area contributed by atoms with Gasteiger partial charge in [0, 0.05) is 18.6 Å². The van der Waals surface area contributed by atoms with E-state index in [1.807, 2.05) is 0 Å². The van der Waals surface area contributed by atoms with Gasteiger partial charge in [-0.25, -0.2) is 0 Å². The second kappa shape index (κ2) is 4.84. The number of hydrogen-bond acceptors (Lipinski definition) is 2. The summed E-state index contributed by atoms with van der Waals surface area (Å²) in [5.74, 6) is 2.31. The third-order valence-electron chi connectivity index (χ3n) is 4.71. The molecule has 0 spiro atoms. The van der Waals surface area contributed by atoms with E-state index in [0.29, 0.717) is 5.92 Å². The summed E-state index contributed by atoms with van der Waals surface area (Å²) in [5, 5.41) is 0. The first-order chi connectivity index (χ1) is 6.91. The standard InChI is InChI=1S/C13H28N2/c1-10(2)13(5,9-14)15-7-6-11(3)12(4)8-15/h10-12H,6-9,14H2,1-5H3. The third-order valence-corrected chi connectivity index (χ3v) is 4.71. The molecule has 1 aliphatic heterocycles. The van der Waals surface area contributed by atoms with Gasteiger partial charge >= 0.3 is 0 Å². The maximum atomic E-state index is 5.98. The molecular formula is C13H28N2. The van der Waals surface area contributed by atoms with Crippen LogP contribution in [0.1, 0.15) is 41.0 Å². The van der Waals surface area contributed by atoms with E-state index in [4.69, 9.17) is 5.73 Å². The average molecular weight is 212 g/mol. The van der Waals surface area contributed by atoms with Crippen LogP contribution in [0.4, 0.5) is 0 Å². The Morgan fingerprint density at radius 2 is 1.93 bits per heavy atom. The summed E-state index contributed by atoms with van der Waals surface area (Å²) >= 11 is 0. The maximum absolute atomic E-state index is 5.98. The zero-order valence-electron chi connectivity index (χ0n) is 11.1. The number of nitrogens with zero attached hydrogens (tertiary/aromatic N) is 1. The Labute approximate surface area is 95.2 Å². The molecule has 1 saturated heterocycles. The fraction of sp³-hybridized carbons (Fsp3) is 1.00. The molecule has 0 saturated carbocycles. The zero-order valence-corrected chi connectivity index (χ0v) is 11.1. The monoisotopic (exact) mass is 212 g/mol. The summed E-state index contributed by atoms with van der Waals surface area (Å²) in [7, 11) is 0. The molecule has 0 radical (unpaired) electrons. The van der Waals surface area contributed by atoms with Gasteiger partial charge in [-0.2, -0.15) is 0 Å². The Balaban J connectivity index is 2.70. The molecule has 3 unspecified atom stereocenters. The van der Waals surface area contributed by atoms with Crippen molar-refractivity contribution in [1.29, 1.82) is 0 Å². The highest BCUT2D eigenvalue weighted by atomic mass is 15.2. The molecule has 0 aromatic heterocycles. The lowest BCUT2D eigenvalue weighted by Gasteiger charge is -2.48. The molecule has 1 rings (SSSR count). The van der Waals surface area contributed by atoms with Crippen LogP contribution >= 0.6 is 0 Å². The molecule has 0 bridgehead atoms. The minimum Gasteiger partial charge on any atom is -0.329 e. The quantitative estimate of drug-likeness (QED) is 0.778. The van der Waals surface area contributed by atoms with Gasteiger partial charge in [-0.15, -0.1) is 0 Å². The number of likely N-dealkylation sites (tertiary alicyclic amines) is 1. The predicted octanol–water partition coefficient (Wildman–Crippen LogP) is 2.34. The van der Waals surface area contributed by atoms with Crippen LogP contribution in [0.15, 0.2) is 0 Å². The molecule has 2 heteroatoms. The van der Waals surface area contributed by atoms with Crippen molar-refractivity contribution in [3.05, 3.63) is 0 Å². The van der Waals surface area contributed by atoms with E-state index in [9.17, 15) is 0 Å². The van der Waals surface area contributed by atoms with Crippen molar-refractivity contribution in [2.45, 2.75) is 46.6 Å². The van der Waals surface area contributed by atoms with E-state index < -0.39 is 0 Å². The van der Waals surface area contributed by atoms with Crippen LogP contribution in [-0.4, -0.2) is 30.1 Å². The molecule has 2 N–H and O–H groups in total. The van der Waals surface area contributed by atoms with Crippen molar-refractivity contribution in [1.82, 2.24) is 4.90 Å². The van der Waals surface area contributed by atoms with Crippen LogP contribution in [0.2, 0.25) is 0 Å². The van der Waals surface area contributed by atoms with Crippen LogP contribution in [0.3, 0.4) is 0 Å². The van der Waals surface area contributed by atoms with Gasteiger partial charge < -0.3 is 5.73 Å². The first-order valence-corrected chi connectivity index (χ1v) is 6.37. The molecule has 90 valence electrons. The summed E-state index contributed by atoms with van der Waals surface area (Å²) in [4.78, 5) is 2.61. The van der Waals surface area contributed by atoms with Crippen LogP contribution in [0.5, 0.6) is 0 Å². The first-order valence-electron chi connectivity index (χ1n) is 6.37. The molecule has 0 aromatic rings. The number of nitrogens with two attached hydrogens (primary N) is 1. The first kappa shape index (κ1) is 13.0. The second-order valence-corrected chi connectivity index (χ2v) is 5.91. The van der Waals surface area contributed by atoms with E-state index in [1.54, 1.807) is 0 Å². The Bertz CT molecular complexity index is 203. The lowest BCUT2D eigenvalue weighted by atomic mass is 9.81. The van der Waals surface area contributed by atoms with E-state index >= 15 is 0 Å². The average Bonchev–Trinajstić information content (AvgIpc) is 2.20. The SMILES string of the molecule is CC1CCN(C(C)(CN)C(C)C)CC1C. The normalized spacial score (nSPS) is 33.0. The molecule has 0 aromatic carbocycles. The van der Waals surface area contributed by atoms with Crippen LogP contribution in [0.25, 0.3) is 0 Å². The highest BCUT2D eigenvalue weighted by Gasteiger charge is 2.37. The molecule has 15 heavy (non-hydrogen) atoms. The fourth-order valence-electron chi connectivity index (χ4n) is 2.46. The zero-order chi connectivity index (χ0) is 11.6. The highest BCUT2D eigenvalue weighted by Crippen LogP contribution is 2.31. The largest absolute Gasteiger partial charge is 0.329 e. The third kappa shape index (κ3) is 2.54. The smallest absolute Gasteiger partial charge is 0.0326 e. The molecule has 3 atom stereocenters. The van der Waals surface area contributed by atoms with Crippen molar-refractivity contribution in [2.75, 3.05) is 19.6 Å². The topological polar surface area (TPSA) is 29.3 Å². The van der Waals surface area contributed by atoms with Crippen LogP contribution in [-0.2, 0) is 0 Å². The minimum absolute atomic E-state index is 0.189. The number of hydrogen-bond donors (Lipinski definition) is 1. The van der Waals surface area contributed by atoms with E-state index in [0.717, 1.165) is 18.4 Å². The van der Waals surface area contributed by atoms with Gasteiger partial charge in [0.15, 0.2) is 0 Å². The van der Waals surface area contributed by atoms with Gasteiger partial charge in [0.2, 0.25) is 0 Å². The van der Waals surface area contributed by atoms with Crippen molar-refractivity contribution in [3.8, 4) is 0 Å². The van der Waals surface area contributed by atoms with Crippen LogP contribution in [0, 0.1) is 17.8 Å². The lowest BCUT2D eigenvalue weighted by molar-refractivity contribution is 0.0135. The second-order valence-electron chi connectivity index (χ2n) is 5.91.